The first-order valence-electron chi connectivity index (χ1n) is 5.12. The zero-order chi connectivity index (χ0) is 10.2. The number of hydrogen-bond donors (Lipinski definition) is 0. The molecular weight excluding hydrogens is 188 g/mol. The molecule has 0 spiro atoms. The second kappa shape index (κ2) is 3.39. The van der Waals surface area contributed by atoms with Crippen molar-refractivity contribution >= 4 is 21.4 Å². The molecule has 0 bridgehead atoms. The van der Waals surface area contributed by atoms with Gasteiger partial charge in [0.1, 0.15) is 0 Å². The fourth-order valence-corrected chi connectivity index (χ4v) is 2.85. The van der Waals surface area contributed by atoms with Crippen LogP contribution < -0.4 is 0 Å². The van der Waals surface area contributed by atoms with E-state index in [2.05, 4.69) is 50.4 Å². The Bertz CT molecular complexity index is 437. The van der Waals surface area contributed by atoms with Crippen LogP contribution in [0.5, 0.6) is 0 Å². The number of hydrogen-bond acceptors (Lipinski definition) is 1. The molecule has 14 heavy (non-hydrogen) atoms. The Kier molecular flexibility index (Phi) is 2.36. The van der Waals surface area contributed by atoms with Crippen molar-refractivity contribution in [2.45, 2.75) is 32.6 Å². The summed E-state index contributed by atoms with van der Waals surface area (Å²) in [7, 11) is 0. The molecule has 2 aromatic rings. The molecule has 1 heteroatoms. The standard InChI is InChI=1S/C13H16S/c1-4-13(2,3)11-9-14-12-8-6-5-7-10(11)12/h5-9H,4H2,1-3H3. The molecule has 0 N–H and O–H groups in total. The van der Waals surface area contributed by atoms with E-state index >= 15 is 0 Å². The molecule has 0 aliphatic heterocycles. The lowest BCUT2D eigenvalue weighted by Gasteiger charge is -2.22. The predicted molar refractivity (Wildman–Crippen MR) is 65.1 cm³/mol. The lowest BCUT2D eigenvalue weighted by molar-refractivity contribution is 0.512. The van der Waals surface area contributed by atoms with Crippen LogP contribution in [0.25, 0.3) is 10.1 Å². The van der Waals surface area contributed by atoms with Crippen LogP contribution in [0.1, 0.15) is 32.8 Å². The highest BCUT2D eigenvalue weighted by atomic mass is 32.1. The Morgan fingerprint density at radius 2 is 1.93 bits per heavy atom. The van der Waals surface area contributed by atoms with Gasteiger partial charge in [-0.3, -0.25) is 0 Å². The van der Waals surface area contributed by atoms with Crippen LogP contribution in [-0.2, 0) is 5.41 Å². The number of benzene rings is 1. The first-order valence-corrected chi connectivity index (χ1v) is 6.00. The SMILES string of the molecule is CCC(C)(C)c1csc2ccccc12. The van der Waals surface area contributed by atoms with E-state index in [0.29, 0.717) is 5.41 Å². The maximum atomic E-state index is 2.32. The Hall–Kier alpha value is -0.820. The molecule has 2 rings (SSSR count). The van der Waals surface area contributed by atoms with Gasteiger partial charge in [-0.15, -0.1) is 11.3 Å². The minimum absolute atomic E-state index is 0.305. The summed E-state index contributed by atoms with van der Waals surface area (Å²) in [5.41, 5.74) is 1.81. The van der Waals surface area contributed by atoms with Crippen molar-refractivity contribution in [2.75, 3.05) is 0 Å². The Morgan fingerprint density at radius 1 is 1.21 bits per heavy atom. The minimum Gasteiger partial charge on any atom is -0.144 e. The molecule has 0 saturated heterocycles. The van der Waals surface area contributed by atoms with Crippen molar-refractivity contribution in [2.24, 2.45) is 0 Å². The molecule has 0 amide bonds. The molecule has 0 aliphatic rings. The third-order valence-electron chi connectivity index (χ3n) is 3.09. The average molecular weight is 204 g/mol. The second-order valence-corrected chi connectivity index (χ2v) is 5.29. The van der Waals surface area contributed by atoms with Crippen molar-refractivity contribution in [1.29, 1.82) is 0 Å². The number of fused-ring (bicyclic) bond motifs is 1. The summed E-state index contributed by atoms with van der Waals surface area (Å²) in [6, 6.07) is 8.68. The Balaban J connectivity index is 2.64. The summed E-state index contributed by atoms with van der Waals surface area (Å²) in [4.78, 5) is 0. The maximum Gasteiger partial charge on any atom is 0.0345 e. The highest BCUT2D eigenvalue weighted by Crippen LogP contribution is 2.36. The van der Waals surface area contributed by atoms with Gasteiger partial charge in [-0.1, -0.05) is 39.0 Å². The smallest absolute Gasteiger partial charge is 0.0345 e. The van der Waals surface area contributed by atoms with Gasteiger partial charge in [-0.05, 0) is 34.2 Å². The van der Waals surface area contributed by atoms with E-state index in [1.165, 1.54) is 22.1 Å². The Labute approximate surface area is 89.6 Å². The van der Waals surface area contributed by atoms with E-state index in [1.807, 2.05) is 11.3 Å². The fourth-order valence-electron chi connectivity index (χ4n) is 1.69. The van der Waals surface area contributed by atoms with E-state index in [1.54, 1.807) is 0 Å². The summed E-state index contributed by atoms with van der Waals surface area (Å²) in [5, 5.41) is 3.75. The number of thiophene rings is 1. The topological polar surface area (TPSA) is 0 Å². The lowest BCUT2D eigenvalue weighted by atomic mass is 9.82. The molecule has 0 saturated carbocycles. The molecule has 0 unspecified atom stereocenters. The van der Waals surface area contributed by atoms with E-state index < -0.39 is 0 Å². The van der Waals surface area contributed by atoms with Crippen LogP contribution in [0.3, 0.4) is 0 Å². The third-order valence-corrected chi connectivity index (χ3v) is 4.06. The first kappa shape index (κ1) is 9.72. The van der Waals surface area contributed by atoms with Crippen LogP contribution in [0.2, 0.25) is 0 Å². The van der Waals surface area contributed by atoms with E-state index in [0.717, 1.165) is 0 Å². The minimum atomic E-state index is 0.305. The highest BCUT2D eigenvalue weighted by Gasteiger charge is 2.21. The molecule has 0 atom stereocenters. The highest BCUT2D eigenvalue weighted by molar-refractivity contribution is 7.17. The molecule has 1 aromatic carbocycles. The van der Waals surface area contributed by atoms with Crippen molar-refractivity contribution in [3.8, 4) is 0 Å². The zero-order valence-corrected chi connectivity index (χ0v) is 9.82. The normalized spacial score (nSPS) is 12.2. The van der Waals surface area contributed by atoms with Gasteiger partial charge < -0.3 is 0 Å². The average Bonchev–Trinajstić information content (AvgIpc) is 2.61. The van der Waals surface area contributed by atoms with Gasteiger partial charge in [0.15, 0.2) is 0 Å². The van der Waals surface area contributed by atoms with Crippen LogP contribution in [0.4, 0.5) is 0 Å². The van der Waals surface area contributed by atoms with Gasteiger partial charge in [0, 0.05) is 4.70 Å². The quantitative estimate of drug-likeness (QED) is 0.671. The van der Waals surface area contributed by atoms with Gasteiger partial charge in [0.2, 0.25) is 0 Å². The van der Waals surface area contributed by atoms with Gasteiger partial charge in [0.25, 0.3) is 0 Å². The molecule has 1 heterocycles. The van der Waals surface area contributed by atoms with Crippen LogP contribution in [0.15, 0.2) is 29.6 Å². The molecule has 1 aromatic heterocycles. The summed E-state index contributed by atoms with van der Waals surface area (Å²) < 4.78 is 1.41. The van der Waals surface area contributed by atoms with Crippen molar-refractivity contribution in [3.63, 3.8) is 0 Å². The fraction of sp³-hybridized carbons (Fsp3) is 0.385. The predicted octanol–water partition coefficient (Wildman–Crippen LogP) is 4.59. The maximum absolute atomic E-state index is 2.32. The molecule has 0 aliphatic carbocycles. The van der Waals surface area contributed by atoms with E-state index in [-0.39, 0.29) is 0 Å². The molecule has 0 radical (unpaired) electrons. The van der Waals surface area contributed by atoms with Crippen molar-refractivity contribution in [3.05, 3.63) is 35.2 Å². The lowest BCUT2D eigenvalue weighted by Crippen LogP contribution is -2.14. The van der Waals surface area contributed by atoms with Gasteiger partial charge in [0.05, 0.1) is 0 Å². The van der Waals surface area contributed by atoms with E-state index in [4.69, 9.17) is 0 Å². The molecular formula is C13H16S. The van der Waals surface area contributed by atoms with Gasteiger partial charge >= 0.3 is 0 Å². The first-order chi connectivity index (χ1) is 6.65. The monoisotopic (exact) mass is 204 g/mol. The van der Waals surface area contributed by atoms with Crippen LogP contribution in [0, 0.1) is 0 Å². The largest absolute Gasteiger partial charge is 0.144 e. The summed E-state index contributed by atoms with van der Waals surface area (Å²) in [6.45, 7) is 6.90. The zero-order valence-electron chi connectivity index (χ0n) is 9.00. The van der Waals surface area contributed by atoms with Gasteiger partial charge in [-0.25, -0.2) is 0 Å². The summed E-state index contributed by atoms with van der Waals surface area (Å²) >= 11 is 1.86. The molecule has 0 fully saturated rings. The van der Waals surface area contributed by atoms with Gasteiger partial charge in [-0.2, -0.15) is 0 Å². The van der Waals surface area contributed by atoms with Crippen LogP contribution >= 0.6 is 11.3 Å². The van der Waals surface area contributed by atoms with Crippen molar-refractivity contribution in [1.82, 2.24) is 0 Å². The summed E-state index contributed by atoms with van der Waals surface area (Å²) in [6.07, 6.45) is 1.19. The molecule has 0 nitrogen and oxygen atoms in total. The second-order valence-electron chi connectivity index (χ2n) is 4.38. The summed E-state index contributed by atoms with van der Waals surface area (Å²) in [5.74, 6) is 0. The van der Waals surface area contributed by atoms with E-state index in [9.17, 15) is 0 Å². The molecule has 74 valence electrons. The van der Waals surface area contributed by atoms with Crippen molar-refractivity contribution < 1.29 is 0 Å². The third kappa shape index (κ3) is 1.46. The number of rotatable bonds is 2. The van der Waals surface area contributed by atoms with Crippen LogP contribution in [-0.4, -0.2) is 0 Å². The Morgan fingerprint density at radius 3 is 2.64 bits per heavy atom.